The predicted molar refractivity (Wildman–Crippen MR) is 157 cm³/mol. The Labute approximate surface area is 243 Å². The molecule has 2 unspecified atom stereocenters. The van der Waals surface area contributed by atoms with E-state index >= 15 is 0 Å². The van der Waals surface area contributed by atoms with E-state index in [1.165, 1.54) is 12.1 Å². The van der Waals surface area contributed by atoms with Gasteiger partial charge in [-0.25, -0.2) is 0 Å². The first-order valence-corrected chi connectivity index (χ1v) is 14.0. The number of hydrogen-bond acceptors (Lipinski definition) is 7. The first-order chi connectivity index (χ1) is 20.1. The smallest absolute Gasteiger partial charge is 0.255 e. The van der Waals surface area contributed by atoms with E-state index in [4.69, 9.17) is 11.5 Å². The van der Waals surface area contributed by atoms with Crippen molar-refractivity contribution < 1.29 is 29.4 Å². The summed E-state index contributed by atoms with van der Waals surface area (Å²) >= 11 is 0. The van der Waals surface area contributed by atoms with Crippen molar-refractivity contribution in [2.45, 2.75) is 56.3 Å². The van der Waals surface area contributed by atoms with Crippen molar-refractivity contribution in [1.82, 2.24) is 15.5 Å². The Morgan fingerprint density at radius 2 is 1.60 bits per heavy atom. The molecule has 1 saturated heterocycles. The van der Waals surface area contributed by atoms with Crippen LogP contribution in [0, 0.1) is 0 Å². The number of primary amides is 2. The van der Waals surface area contributed by atoms with Crippen molar-refractivity contribution in [2.75, 3.05) is 13.1 Å². The molecule has 11 heteroatoms. The quantitative estimate of drug-likeness (QED) is 0.185. The summed E-state index contributed by atoms with van der Waals surface area (Å²) in [4.78, 5) is 52.4. The molecule has 0 radical (unpaired) electrons. The lowest BCUT2D eigenvalue weighted by molar-refractivity contribution is -0.128. The summed E-state index contributed by atoms with van der Waals surface area (Å²) in [7, 11) is 0. The van der Waals surface area contributed by atoms with E-state index in [2.05, 4.69) is 10.6 Å². The normalized spacial score (nSPS) is 17.6. The number of aliphatic hydroxyl groups excluding tert-OH is 1. The number of piperidine rings is 1. The third-order valence-corrected chi connectivity index (χ3v) is 7.59. The summed E-state index contributed by atoms with van der Waals surface area (Å²) < 4.78 is 0. The van der Waals surface area contributed by atoms with Crippen LogP contribution in [0.5, 0.6) is 5.75 Å². The number of nitrogens with two attached hydrogens (primary N) is 2. The van der Waals surface area contributed by atoms with Gasteiger partial charge in [-0.2, -0.15) is 0 Å². The minimum Gasteiger partial charge on any atom is -0.507 e. The Hall–Kier alpha value is -4.48. The van der Waals surface area contributed by atoms with Crippen LogP contribution in [0.15, 0.2) is 66.7 Å². The zero-order valence-electron chi connectivity index (χ0n) is 23.2. The van der Waals surface area contributed by atoms with E-state index < -0.39 is 54.3 Å². The number of phenolic OH excluding ortho intramolecular Hbond substituents is 1. The van der Waals surface area contributed by atoms with E-state index in [9.17, 15) is 29.4 Å². The number of nitrogens with one attached hydrogen (secondary N) is 2. The van der Waals surface area contributed by atoms with Crippen molar-refractivity contribution in [3.63, 3.8) is 0 Å². The fourth-order valence-electron chi connectivity index (χ4n) is 5.39. The number of nitrogens with zero attached hydrogens (tertiary/aromatic N) is 1. The molecule has 0 aromatic heterocycles. The van der Waals surface area contributed by atoms with E-state index in [1.54, 1.807) is 24.3 Å². The molecule has 4 rings (SSSR count). The average molecular weight is 576 g/mol. The van der Waals surface area contributed by atoms with Crippen LogP contribution in [0.2, 0.25) is 0 Å². The molecular formula is C31H37N5O6. The maximum Gasteiger partial charge on any atom is 0.255 e. The van der Waals surface area contributed by atoms with Gasteiger partial charge in [0.25, 0.3) is 5.91 Å². The predicted octanol–water partition coefficient (Wildman–Crippen LogP) is 0.947. The topological polar surface area (TPSA) is 188 Å². The third kappa shape index (κ3) is 7.83. The largest absolute Gasteiger partial charge is 0.507 e. The summed E-state index contributed by atoms with van der Waals surface area (Å²) in [6.07, 6.45) is 0.920. The number of benzene rings is 3. The van der Waals surface area contributed by atoms with Gasteiger partial charge >= 0.3 is 0 Å². The van der Waals surface area contributed by atoms with Gasteiger partial charge in [0.15, 0.2) is 0 Å². The number of fused-ring (bicyclic) bond motifs is 1. The number of β-amino-alcohol motifs (C(OH)–C–C–N with tert-alkyl or cyclic N) is 1. The van der Waals surface area contributed by atoms with E-state index in [0.717, 1.165) is 23.8 Å². The third-order valence-electron chi connectivity index (χ3n) is 7.59. The summed E-state index contributed by atoms with van der Waals surface area (Å²) in [5.74, 6) is -3.07. The van der Waals surface area contributed by atoms with E-state index in [1.807, 2.05) is 35.2 Å². The molecular weight excluding hydrogens is 538 g/mol. The summed E-state index contributed by atoms with van der Waals surface area (Å²) in [5.41, 5.74) is 11.8. The zero-order chi connectivity index (χ0) is 30.2. The number of aliphatic hydroxyl groups is 1. The first-order valence-electron chi connectivity index (χ1n) is 14.0. The Morgan fingerprint density at radius 1 is 0.929 bits per heavy atom. The molecule has 42 heavy (non-hydrogen) atoms. The monoisotopic (exact) mass is 575 g/mol. The molecule has 1 aliphatic rings. The highest BCUT2D eigenvalue weighted by atomic mass is 16.3. The Bertz CT molecular complexity index is 1430. The number of amides is 4. The van der Waals surface area contributed by atoms with Crippen LogP contribution < -0.4 is 22.1 Å². The molecule has 4 atom stereocenters. The molecule has 8 N–H and O–H groups in total. The molecule has 11 nitrogen and oxygen atoms in total. The molecule has 0 aliphatic carbocycles. The van der Waals surface area contributed by atoms with Crippen LogP contribution >= 0.6 is 0 Å². The maximum absolute atomic E-state index is 13.5. The lowest BCUT2D eigenvalue weighted by Crippen LogP contribution is -2.57. The van der Waals surface area contributed by atoms with Gasteiger partial charge in [0.2, 0.25) is 17.7 Å². The highest BCUT2D eigenvalue weighted by Gasteiger charge is 2.33. The zero-order valence-corrected chi connectivity index (χ0v) is 23.2. The number of carbonyl (C=O) groups is 4. The lowest BCUT2D eigenvalue weighted by atomic mass is 9.97. The van der Waals surface area contributed by atoms with Gasteiger partial charge in [0.1, 0.15) is 11.8 Å². The molecule has 3 aromatic carbocycles. The Morgan fingerprint density at radius 3 is 2.26 bits per heavy atom. The van der Waals surface area contributed by atoms with Gasteiger partial charge in [-0.05, 0) is 54.3 Å². The van der Waals surface area contributed by atoms with Crippen molar-refractivity contribution >= 4 is 34.4 Å². The maximum atomic E-state index is 13.5. The second kappa shape index (κ2) is 13.9. The highest BCUT2D eigenvalue weighted by Crippen LogP contribution is 2.25. The summed E-state index contributed by atoms with van der Waals surface area (Å²) in [6, 6.07) is 16.6. The van der Waals surface area contributed by atoms with Crippen molar-refractivity contribution in [3.05, 3.63) is 77.9 Å². The van der Waals surface area contributed by atoms with Gasteiger partial charge < -0.3 is 32.3 Å². The molecule has 1 aliphatic heterocycles. The fourth-order valence-corrected chi connectivity index (χ4v) is 5.39. The van der Waals surface area contributed by atoms with Crippen LogP contribution in [0.1, 0.15) is 41.6 Å². The number of aromatic hydroxyl groups is 1. The number of likely N-dealkylation sites (tertiary alicyclic amines) is 1. The van der Waals surface area contributed by atoms with E-state index in [0.29, 0.717) is 18.4 Å². The second-order valence-corrected chi connectivity index (χ2v) is 10.7. The van der Waals surface area contributed by atoms with Crippen LogP contribution in [-0.2, 0) is 20.8 Å². The molecule has 0 bridgehead atoms. The number of hydrogen-bond donors (Lipinski definition) is 6. The lowest BCUT2D eigenvalue weighted by Gasteiger charge is -2.37. The SMILES string of the molecule is NC(=O)C[C@H](NC(=O)c1cc2ccccc2cc1O)C(=O)NC(Cc1ccccc1)C(O)CN1CCCC[C@H]1C(N)=O. The molecule has 0 spiro atoms. The fraction of sp³-hybridized carbons (Fsp3) is 0.355. The number of rotatable bonds is 12. The summed E-state index contributed by atoms with van der Waals surface area (Å²) in [6.45, 7) is 0.662. The molecule has 1 heterocycles. The minimum absolute atomic E-state index is 0.0700. The van der Waals surface area contributed by atoms with Crippen molar-refractivity contribution in [3.8, 4) is 5.75 Å². The van der Waals surface area contributed by atoms with Crippen LogP contribution in [0.25, 0.3) is 10.8 Å². The van der Waals surface area contributed by atoms with Crippen LogP contribution in [0.3, 0.4) is 0 Å². The number of carbonyl (C=O) groups excluding carboxylic acids is 4. The molecule has 4 amide bonds. The Kier molecular flexibility index (Phi) is 10.1. The molecule has 0 saturated carbocycles. The van der Waals surface area contributed by atoms with Crippen LogP contribution in [0.4, 0.5) is 0 Å². The molecule has 3 aromatic rings. The average Bonchev–Trinajstić information content (AvgIpc) is 2.96. The van der Waals surface area contributed by atoms with Crippen LogP contribution in [-0.4, -0.2) is 76.1 Å². The first kappa shape index (κ1) is 30.5. The van der Waals surface area contributed by atoms with Crippen molar-refractivity contribution in [2.24, 2.45) is 11.5 Å². The molecule has 222 valence electrons. The second-order valence-electron chi connectivity index (χ2n) is 10.7. The van der Waals surface area contributed by atoms with Gasteiger partial charge in [-0.3, -0.25) is 24.1 Å². The van der Waals surface area contributed by atoms with E-state index in [-0.39, 0.29) is 24.3 Å². The van der Waals surface area contributed by atoms with Gasteiger partial charge in [-0.15, -0.1) is 0 Å². The van der Waals surface area contributed by atoms with Gasteiger partial charge in [0.05, 0.1) is 30.2 Å². The molecule has 1 fully saturated rings. The highest BCUT2D eigenvalue weighted by molar-refractivity contribution is 6.03. The number of phenols is 1. The van der Waals surface area contributed by atoms with Gasteiger partial charge in [-0.1, -0.05) is 61.0 Å². The minimum atomic E-state index is -1.38. The summed E-state index contributed by atoms with van der Waals surface area (Å²) in [5, 5.41) is 28.5. The standard InChI is InChI=1S/C31H37N5O6/c32-28(39)17-24(35-30(41)22-15-20-10-4-5-11-21(20)16-26(22)37)31(42)34-23(14-19-8-2-1-3-9-19)27(38)18-36-13-7-6-12-25(36)29(33)40/h1-5,8-11,15-16,23-25,27,37-38H,6-7,12-14,17-18H2,(H2,32,39)(H2,33,40)(H,34,42)(H,35,41)/t23?,24-,25-,27?/m0/s1. The Balaban J connectivity index is 1.54. The van der Waals surface area contributed by atoms with Crippen molar-refractivity contribution in [1.29, 1.82) is 0 Å². The van der Waals surface area contributed by atoms with Gasteiger partial charge in [0, 0.05) is 6.54 Å².